The van der Waals surface area contributed by atoms with Gasteiger partial charge in [-0.15, -0.1) is 0 Å². The lowest BCUT2D eigenvalue weighted by Gasteiger charge is -2.07. The topological polar surface area (TPSA) is 69.6 Å². The van der Waals surface area contributed by atoms with Gasteiger partial charge in [0.15, 0.2) is 0 Å². The van der Waals surface area contributed by atoms with Crippen LogP contribution in [0.25, 0.3) is 5.65 Å². The van der Waals surface area contributed by atoms with E-state index < -0.39 is 6.04 Å². The van der Waals surface area contributed by atoms with Gasteiger partial charge in [0.25, 0.3) is 0 Å². The average Bonchev–Trinajstić information content (AvgIpc) is 2.87. The molecule has 2 heterocycles. The van der Waals surface area contributed by atoms with Gasteiger partial charge in [0.1, 0.15) is 11.7 Å². The van der Waals surface area contributed by atoms with Crippen molar-refractivity contribution in [3.8, 4) is 0 Å². The molecular weight excluding hydrogens is 274 g/mol. The third kappa shape index (κ3) is 3.52. The van der Waals surface area contributed by atoms with Gasteiger partial charge in [-0.1, -0.05) is 6.07 Å². The Morgan fingerprint density at radius 3 is 3.10 bits per heavy atom. The predicted octanol–water partition coefficient (Wildman–Crippen LogP) is 1.77. The van der Waals surface area contributed by atoms with E-state index in [9.17, 15) is 4.79 Å². The Labute approximate surface area is 122 Å². The molecule has 2 aromatic rings. The van der Waals surface area contributed by atoms with Crippen molar-refractivity contribution in [3.05, 3.63) is 35.8 Å². The fourth-order valence-corrected chi connectivity index (χ4v) is 2.84. The lowest BCUT2D eigenvalue weighted by molar-refractivity contribution is -0.142. The third-order valence-electron chi connectivity index (χ3n) is 3.05. The van der Waals surface area contributed by atoms with Crippen molar-refractivity contribution in [2.75, 3.05) is 12.9 Å². The van der Waals surface area contributed by atoms with Crippen LogP contribution in [0.15, 0.2) is 24.5 Å². The molecule has 0 bridgehead atoms. The highest BCUT2D eigenvalue weighted by Crippen LogP contribution is 2.16. The number of hydrogen-bond acceptors (Lipinski definition) is 5. The first-order chi connectivity index (χ1) is 9.61. The maximum atomic E-state index is 11.2. The van der Waals surface area contributed by atoms with Crippen LogP contribution in [0.2, 0.25) is 0 Å². The highest BCUT2D eigenvalue weighted by atomic mass is 32.2. The van der Waals surface area contributed by atoms with Crippen LogP contribution in [0.5, 0.6) is 0 Å². The number of esters is 1. The van der Waals surface area contributed by atoms with Crippen LogP contribution in [0.1, 0.15) is 17.7 Å². The van der Waals surface area contributed by atoms with E-state index in [0.29, 0.717) is 6.42 Å². The monoisotopic (exact) mass is 293 g/mol. The summed E-state index contributed by atoms with van der Waals surface area (Å²) in [7, 11) is 1.36. The number of methoxy groups -OCH3 is 1. The van der Waals surface area contributed by atoms with Crippen LogP contribution >= 0.6 is 11.8 Å². The molecule has 5 nitrogen and oxygen atoms in total. The van der Waals surface area contributed by atoms with Crippen LogP contribution in [-0.4, -0.2) is 34.3 Å². The number of rotatable bonds is 6. The van der Waals surface area contributed by atoms with E-state index in [1.165, 1.54) is 7.11 Å². The van der Waals surface area contributed by atoms with Crippen molar-refractivity contribution in [1.82, 2.24) is 9.38 Å². The van der Waals surface area contributed by atoms with E-state index >= 15 is 0 Å². The molecule has 0 aliphatic rings. The number of hydrogen-bond donors (Lipinski definition) is 1. The smallest absolute Gasteiger partial charge is 0.322 e. The summed E-state index contributed by atoms with van der Waals surface area (Å²) in [6.07, 6.45) is 4.65. The molecule has 108 valence electrons. The highest BCUT2D eigenvalue weighted by molar-refractivity contribution is 7.98. The SMILES string of the molecule is COC(=O)C(N)CCSCc1cn2cccc(C)c2n1. The first-order valence-electron chi connectivity index (χ1n) is 6.46. The second-order valence-corrected chi connectivity index (χ2v) is 5.73. The van der Waals surface area contributed by atoms with Crippen LogP contribution in [-0.2, 0) is 15.3 Å². The third-order valence-corrected chi connectivity index (χ3v) is 4.08. The van der Waals surface area contributed by atoms with Gasteiger partial charge in [-0.25, -0.2) is 4.98 Å². The molecule has 2 aromatic heterocycles. The molecule has 2 rings (SSSR count). The van der Waals surface area contributed by atoms with Gasteiger partial charge < -0.3 is 14.9 Å². The van der Waals surface area contributed by atoms with E-state index in [1.54, 1.807) is 11.8 Å². The minimum atomic E-state index is -0.532. The van der Waals surface area contributed by atoms with Gasteiger partial charge in [-0.3, -0.25) is 4.79 Å². The Kier molecular flexibility index (Phi) is 5.03. The van der Waals surface area contributed by atoms with Gasteiger partial charge in [0.2, 0.25) is 0 Å². The minimum absolute atomic E-state index is 0.353. The molecule has 0 aliphatic carbocycles. The number of thioether (sulfide) groups is 1. The Hall–Kier alpha value is -1.53. The average molecular weight is 293 g/mol. The lowest BCUT2D eigenvalue weighted by Crippen LogP contribution is -2.31. The molecule has 0 amide bonds. The minimum Gasteiger partial charge on any atom is -0.468 e. The number of aromatic nitrogens is 2. The van der Waals surface area contributed by atoms with E-state index in [-0.39, 0.29) is 5.97 Å². The van der Waals surface area contributed by atoms with Crippen LogP contribution in [0, 0.1) is 6.92 Å². The van der Waals surface area contributed by atoms with Crippen molar-refractivity contribution >= 4 is 23.4 Å². The van der Waals surface area contributed by atoms with Crippen molar-refractivity contribution in [3.63, 3.8) is 0 Å². The van der Waals surface area contributed by atoms with Crippen molar-refractivity contribution in [2.24, 2.45) is 5.73 Å². The molecule has 1 atom stereocenters. The molecule has 20 heavy (non-hydrogen) atoms. The Bertz CT molecular complexity index is 597. The van der Waals surface area contributed by atoms with E-state index in [0.717, 1.165) is 28.4 Å². The lowest BCUT2D eigenvalue weighted by atomic mass is 10.2. The first kappa shape index (κ1) is 14.9. The zero-order valence-corrected chi connectivity index (χ0v) is 12.5. The van der Waals surface area contributed by atoms with E-state index in [2.05, 4.69) is 22.7 Å². The summed E-state index contributed by atoms with van der Waals surface area (Å²) >= 11 is 1.72. The van der Waals surface area contributed by atoms with Gasteiger partial charge in [0, 0.05) is 18.1 Å². The fraction of sp³-hybridized carbons (Fsp3) is 0.429. The van der Waals surface area contributed by atoms with Gasteiger partial charge in [-0.05, 0) is 30.7 Å². The maximum Gasteiger partial charge on any atom is 0.322 e. The number of pyridine rings is 1. The van der Waals surface area contributed by atoms with Gasteiger partial charge in [-0.2, -0.15) is 11.8 Å². The number of carbonyl (C=O) groups is 1. The molecule has 1 unspecified atom stereocenters. The van der Waals surface area contributed by atoms with Crippen molar-refractivity contribution < 1.29 is 9.53 Å². The standard InChI is InChI=1S/C14H19N3O2S/c1-10-4-3-6-17-8-11(16-13(10)17)9-20-7-5-12(15)14(18)19-2/h3-4,6,8,12H,5,7,9,15H2,1-2H3. The molecule has 0 fully saturated rings. The number of imidazole rings is 1. The molecule has 0 saturated carbocycles. The molecule has 6 heteroatoms. The Morgan fingerprint density at radius 1 is 1.60 bits per heavy atom. The molecule has 0 saturated heterocycles. The van der Waals surface area contributed by atoms with E-state index in [4.69, 9.17) is 5.73 Å². The fourth-order valence-electron chi connectivity index (χ4n) is 1.93. The summed E-state index contributed by atoms with van der Waals surface area (Å²) in [5, 5.41) is 0. The Morgan fingerprint density at radius 2 is 2.40 bits per heavy atom. The second kappa shape index (κ2) is 6.76. The maximum absolute atomic E-state index is 11.2. The molecular formula is C14H19N3O2S. The number of nitrogens with two attached hydrogens (primary N) is 1. The first-order valence-corrected chi connectivity index (χ1v) is 7.61. The Balaban J connectivity index is 1.84. The second-order valence-electron chi connectivity index (χ2n) is 4.63. The molecule has 0 aromatic carbocycles. The number of ether oxygens (including phenoxy) is 1. The zero-order valence-electron chi connectivity index (χ0n) is 11.7. The number of nitrogens with zero attached hydrogens (tertiary/aromatic N) is 2. The summed E-state index contributed by atoms with van der Waals surface area (Å²) in [4.78, 5) is 15.8. The van der Waals surface area contributed by atoms with E-state index in [1.807, 2.05) is 22.9 Å². The van der Waals surface area contributed by atoms with Crippen molar-refractivity contribution in [2.45, 2.75) is 25.1 Å². The van der Waals surface area contributed by atoms with Gasteiger partial charge >= 0.3 is 5.97 Å². The summed E-state index contributed by atoms with van der Waals surface area (Å²) in [6.45, 7) is 2.05. The number of aryl methyl sites for hydroxylation is 1. The van der Waals surface area contributed by atoms with Gasteiger partial charge in [0.05, 0.1) is 12.8 Å². The zero-order chi connectivity index (χ0) is 14.5. The summed E-state index contributed by atoms with van der Waals surface area (Å²) in [5.41, 5.74) is 8.88. The van der Waals surface area contributed by atoms with Crippen LogP contribution in [0.3, 0.4) is 0 Å². The molecule has 0 spiro atoms. The van der Waals surface area contributed by atoms with Crippen molar-refractivity contribution in [1.29, 1.82) is 0 Å². The summed E-state index contributed by atoms with van der Waals surface area (Å²) in [5.74, 6) is 1.27. The van der Waals surface area contributed by atoms with Crippen LogP contribution in [0.4, 0.5) is 0 Å². The largest absolute Gasteiger partial charge is 0.468 e. The predicted molar refractivity (Wildman–Crippen MR) is 80.7 cm³/mol. The molecule has 2 N–H and O–H groups in total. The van der Waals surface area contributed by atoms with Crippen LogP contribution < -0.4 is 5.73 Å². The quantitative estimate of drug-likeness (QED) is 0.649. The highest BCUT2D eigenvalue weighted by Gasteiger charge is 2.13. The summed E-state index contributed by atoms with van der Waals surface area (Å²) in [6, 6.07) is 3.53. The normalized spacial score (nSPS) is 12.6. The molecule has 0 radical (unpaired) electrons. The number of carbonyl (C=O) groups excluding carboxylic acids is 1. The summed E-state index contributed by atoms with van der Waals surface area (Å²) < 4.78 is 6.62. The molecule has 0 aliphatic heterocycles. The number of fused-ring (bicyclic) bond motifs is 1.